The van der Waals surface area contributed by atoms with Crippen molar-refractivity contribution in [3.8, 4) is 0 Å². The molecule has 1 heterocycles. The number of hydrogen-bond donors (Lipinski definition) is 2. The Balaban J connectivity index is 1.76. The van der Waals surface area contributed by atoms with Crippen molar-refractivity contribution < 1.29 is 9.59 Å². The number of carbonyl (C=O) groups is 2. The maximum Gasteiger partial charge on any atom is 0.329 e. The van der Waals surface area contributed by atoms with Gasteiger partial charge < -0.3 is 10.6 Å². The molecular formula is C23H28N4O3. The van der Waals surface area contributed by atoms with Crippen molar-refractivity contribution in [3.63, 3.8) is 0 Å². The number of nitrogens with one attached hydrogen (secondary N) is 2. The molecule has 7 heteroatoms. The van der Waals surface area contributed by atoms with Crippen LogP contribution in [0, 0.1) is 0 Å². The first-order chi connectivity index (χ1) is 14.2. The maximum absolute atomic E-state index is 12.7. The summed E-state index contributed by atoms with van der Waals surface area (Å²) in [5.74, 6) is -0.508. The van der Waals surface area contributed by atoms with E-state index in [4.69, 9.17) is 0 Å². The molecule has 0 bridgehead atoms. The molecule has 0 aliphatic rings. The van der Waals surface area contributed by atoms with Crippen LogP contribution in [0.5, 0.6) is 0 Å². The van der Waals surface area contributed by atoms with Crippen LogP contribution in [-0.2, 0) is 17.9 Å². The molecule has 0 spiro atoms. The van der Waals surface area contributed by atoms with E-state index in [1.54, 1.807) is 33.4 Å². The zero-order valence-corrected chi connectivity index (χ0v) is 17.9. The summed E-state index contributed by atoms with van der Waals surface area (Å²) in [6.07, 6.45) is 0.118. The van der Waals surface area contributed by atoms with Gasteiger partial charge >= 0.3 is 5.69 Å². The second-order valence-electron chi connectivity index (χ2n) is 8.22. The van der Waals surface area contributed by atoms with E-state index in [-0.39, 0.29) is 36.0 Å². The number of aryl methyl sites for hydroxylation is 2. The number of carbonyl (C=O) groups excluding carboxylic acids is 2. The average Bonchev–Trinajstić information content (AvgIpc) is 2.96. The van der Waals surface area contributed by atoms with Crippen molar-refractivity contribution in [3.05, 3.63) is 64.6 Å². The van der Waals surface area contributed by atoms with E-state index in [2.05, 4.69) is 10.6 Å². The van der Waals surface area contributed by atoms with Gasteiger partial charge in [-0.1, -0.05) is 24.3 Å². The molecule has 2 N–H and O–H groups in total. The van der Waals surface area contributed by atoms with Gasteiger partial charge in [-0.05, 0) is 52.0 Å². The summed E-state index contributed by atoms with van der Waals surface area (Å²) in [4.78, 5) is 37.9. The normalized spacial score (nSPS) is 11.5. The van der Waals surface area contributed by atoms with E-state index >= 15 is 0 Å². The lowest BCUT2D eigenvalue weighted by molar-refractivity contribution is -0.116. The van der Waals surface area contributed by atoms with Crippen LogP contribution in [0.1, 0.15) is 44.5 Å². The van der Waals surface area contributed by atoms with Crippen molar-refractivity contribution in [2.75, 3.05) is 5.32 Å². The minimum absolute atomic E-state index is 0.118. The van der Waals surface area contributed by atoms with Crippen LogP contribution in [0.15, 0.2) is 53.3 Å². The number of nitrogens with zero attached hydrogens (tertiary/aromatic N) is 2. The number of rotatable bonds is 6. The standard InChI is InChI=1S/C23H28N4O3/c1-5-26-18-12-8-9-13-19(18)27(22(26)30)15-14-20(28)24-17-11-7-6-10-16(17)21(29)25-23(2,3)4/h6-13H,5,14-15H2,1-4H3,(H,24,28)(H,25,29). The quantitative estimate of drug-likeness (QED) is 0.656. The number of imidazole rings is 1. The minimum atomic E-state index is -0.386. The van der Waals surface area contributed by atoms with Crippen molar-refractivity contribution in [2.24, 2.45) is 0 Å². The van der Waals surface area contributed by atoms with Gasteiger partial charge in [0.05, 0.1) is 22.3 Å². The average molecular weight is 409 g/mol. The second-order valence-corrected chi connectivity index (χ2v) is 8.22. The first kappa shape index (κ1) is 21.4. The molecule has 0 fully saturated rings. The number of para-hydroxylation sites is 3. The van der Waals surface area contributed by atoms with Crippen LogP contribution in [0.25, 0.3) is 11.0 Å². The van der Waals surface area contributed by atoms with E-state index < -0.39 is 0 Å². The molecule has 0 saturated heterocycles. The molecule has 7 nitrogen and oxygen atoms in total. The fourth-order valence-electron chi connectivity index (χ4n) is 3.42. The van der Waals surface area contributed by atoms with Crippen LogP contribution >= 0.6 is 0 Å². The topological polar surface area (TPSA) is 85.1 Å². The Hall–Kier alpha value is -3.35. The van der Waals surface area contributed by atoms with Crippen molar-refractivity contribution in [2.45, 2.75) is 52.7 Å². The van der Waals surface area contributed by atoms with Gasteiger partial charge in [0.2, 0.25) is 5.91 Å². The first-order valence-electron chi connectivity index (χ1n) is 10.1. The van der Waals surface area contributed by atoms with Gasteiger partial charge in [0, 0.05) is 25.0 Å². The summed E-state index contributed by atoms with van der Waals surface area (Å²) in [7, 11) is 0. The minimum Gasteiger partial charge on any atom is -0.347 e. The Labute approximate surface area is 175 Å². The molecule has 2 aromatic carbocycles. The molecule has 30 heavy (non-hydrogen) atoms. The zero-order chi connectivity index (χ0) is 21.9. The lowest BCUT2D eigenvalue weighted by Gasteiger charge is -2.21. The maximum atomic E-state index is 12.7. The van der Waals surface area contributed by atoms with Crippen LogP contribution < -0.4 is 16.3 Å². The molecule has 0 aliphatic heterocycles. The Kier molecular flexibility index (Phi) is 6.10. The highest BCUT2D eigenvalue weighted by Gasteiger charge is 2.19. The Morgan fingerprint density at radius 1 is 0.933 bits per heavy atom. The van der Waals surface area contributed by atoms with E-state index in [1.807, 2.05) is 52.0 Å². The number of aromatic nitrogens is 2. The lowest BCUT2D eigenvalue weighted by Crippen LogP contribution is -2.40. The van der Waals surface area contributed by atoms with Crippen LogP contribution in [0.3, 0.4) is 0 Å². The molecule has 1 aromatic heterocycles. The van der Waals surface area contributed by atoms with Gasteiger partial charge in [-0.15, -0.1) is 0 Å². The van der Waals surface area contributed by atoms with E-state index in [0.29, 0.717) is 17.8 Å². The Bertz CT molecular complexity index is 1140. The molecule has 3 aromatic rings. The van der Waals surface area contributed by atoms with Crippen LogP contribution in [-0.4, -0.2) is 26.5 Å². The molecule has 3 rings (SSSR count). The number of amides is 2. The van der Waals surface area contributed by atoms with Gasteiger partial charge in [-0.25, -0.2) is 4.79 Å². The molecular weight excluding hydrogens is 380 g/mol. The highest BCUT2D eigenvalue weighted by Crippen LogP contribution is 2.17. The van der Waals surface area contributed by atoms with Gasteiger partial charge in [-0.3, -0.25) is 18.7 Å². The van der Waals surface area contributed by atoms with E-state index in [0.717, 1.165) is 11.0 Å². The fraction of sp³-hybridized carbons (Fsp3) is 0.348. The Morgan fingerprint density at radius 2 is 1.53 bits per heavy atom. The van der Waals surface area contributed by atoms with Crippen molar-refractivity contribution >= 4 is 28.5 Å². The Morgan fingerprint density at radius 3 is 2.17 bits per heavy atom. The van der Waals surface area contributed by atoms with Gasteiger partial charge in [0.25, 0.3) is 5.91 Å². The highest BCUT2D eigenvalue weighted by molar-refractivity contribution is 6.04. The molecule has 0 saturated carbocycles. The summed E-state index contributed by atoms with van der Waals surface area (Å²) in [5, 5.41) is 5.72. The van der Waals surface area contributed by atoms with Crippen LogP contribution in [0.2, 0.25) is 0 Å². The van der Waals surface area contributed by atoms with Gasteiger partial charge in [0.1, 0.15) is 0 Å². The third-order valence-electron chi connectivity index (χ3n) is 4.74. The number of anilines is 1. The summed E-state index contributed by atoms with van der Waals surface area (Å²) < 4.78 is 3.32. The zero-order valence-electron chi connectivity index (χ0n) is 17.9. The first-order valence-corrected chi connectivity index (χ1v) is 10.1. The monoisotopic (exact) mass is 408 g/mol. The SMILES string of the molecule is CCn1c(=O)n(CCC(=O)Nc2ccccc2C(=O)NC(C)(C)C)c2ccccc21. The van der Waals surface area contributed by atoms with Crippen LogP contribution in [0.4, 0.5) is 5.69 Å². The van der Waals surface area contributed by atoms with E-state index in [1.165, 1.54) is 0 Å². The molecule has 0 atom stereocenters. The molecule has 0 unspecified atom stereocenters. The summed E-state index contributed by atoms with van der Waals surface area (Å²) in [6, 6.07) is 14.5. The smallest absolute Gasteiger partial charge is 0.329 e. The third kappa shape index (κ3) is 4.62. The van der Waals surface area contributed by atoms with E-state index in [9.17, 15) is 14.4 Å². The predicted octanol–water partition coefficient (Wildman–Crippen LogP) is 3.38. The van der Waals surface area contributed by atoms with Gasteiger partial charge in [0.15, 0.2) is 0 Å². The highest BCUT2D eigenvalue weighted by atomic mass is 16.2. The predicted molar refractivity (Wildman–Crippen MR) is 119 cm³/mol. The number of fused-ring (bicyclic) bond motifs is 1. The lowest BCUT2D eigenvalue weighted by atomic mass is 10.1. The van der Waals surface area contributed by atoms with Crippen molar-refractivity contribution in [1.29, 1.82) is 0 Å². The second kappa shape index (κ2) is 8.57. The molecule has 158 valence electrons. The molecule has 0 radical (unpaired) electrons. The summed E-state index contributed by atoms with van der Waals surface area (Å²) in [6.45, 7) is 8.44. The fourth-order valence-corrected chi connectivity index (χ4v) is 3.42. The largest absolute Gasteiger partial charge is 0.347 e. The van der Waals surface area contributed by atoms with Crippen molar-refractivity contribution in [1.82, 2.24) is 14.5 Å². The number of hydrogen-bond acceptors (Lipinski definition) is 3. The summed E-state index contributed by atoms with van der Waals surface area (Å²) in [5.41, 5.74) is 2.00. The molecule has 2 amide bonds. The summed E-state index contributed by atoms with van der Waals surface area (Å²) >= 11 is 0. The molecule has 0 aliphatic carbocycles. The third-order valence-corrected chi connectivity index (χ3v) is 4.74. The van der Waals surface area contributed by atoms with Gasteiger partial charge in [-0.2, -0.15) is 0 Å². The number of benzene rings is 2.